The van der Waals surface area contributed by atoms with Crippen LogP contribution in [0, 0.1) is 5.92 Å². The van der Waals surface area contributed by atoms with Gasteiger partial charge in [-0.3, -0.25) is 4.68 Å². The van der Waals surface area contributed by atoms with Gasteiger partial charge in [0.25, 0.3) is 0 Å². The Morgan fingerprint density at radius 1 is 1.44 bits per heavy atom. The monoisotopic (exact) mass is 253 g/mol. The summed E-state index contributed by atoms with van der Waals surface area (Å²) in [6.45, 7) is 8.33. The highest BCUT2D eigenvalue weighted by Crippen LogP contribution is 2.13. The van der Waals surface area contributed by atoms with Crippen LogP contribution >= 0.6 is 0 Å². The zero-order valence-electron chi connectivity index (χ0n) is 12.4. The van der Waals surface area contributed by atoms with Gasteiger partial charge in [0.2, 0.25) is 0 Å². The first-order valence-corrected chi connectivity index (χ1v) is 6.82. The number of nitrogens with one attached hydrogen (secondary N) is 1. The van der Waals surface area contributed by atoms with Gasteiger partial charge in [0.1, 0.15) is 0 Å². The average Bonchev–Trinajstić information content (AvgIpc) is 2.70. The molecule has 104 valence electrons. The molecule has 4 nitrogen and oxygen atoms in total. The zero-order valence-corrected chi connectivity index (χ0v) is 12.4. The summed E-state index contributed by atoms with van der Waals surface area (Å²) in [5, 5.41) is 7.98. The second-order valence-electron chi connectivity index (χ2n) is 5.02. The molecule has 0 saturated heterocycles. The van der Waals surface area contributed by atoms with E-state index in [4.69, 9.17) is 4.74 Å². The normalized spacial score (nSPS) is 14.7. The van der Waals surface area contributed by atoms with E-state index in [2.05, 4.69) is 37.3 Å². The van der Waals surface area contributed by atoms with Gasteiger partial charge in [0, 0.05) is 32.4 Å². The van der Waals surface area contributed by atoms with Crippen molar-refractivity contribution >= 4 is 0 Å². The van der Waals surface area contributed by atoms with Crippen LogP contribution < -0.4 is 5.32 Å². The fourth-order valence-corrected chi connectivity index (χ4v) is 2.03. The molecule has 0 saturated carbocycles. The minimum absolute atomic E-state index is 0.486. The van der Waals surface area contributed by atoms with E-state index in [1.54, 1.807) is 7.11 Å². The number of methoxy groups -OCH3 is 1. The lowest BCUT2D eigenvalue weighted by molar-refractivity contribution is 0.192. The fourth-order valence-electron chi connectivity index (χ4n) is 2.03. The predicted octanol–water partition coefficient (Wildman–Crippen LogP) is 1.79. The molecule has 2 unspecified atom stereocenters. The van der Waals surface area contributed by atoms with E-state index < -0.39 is 0 Å². The Morgan fingerprint density at radius 3 is 2.72 bits per heavy atom. The second kappa shape index (κ2) is 7.54. The first-order valence-electron chi connectivity index (χ1n) is 6.82. The molecule has 2 atom stereocenters. The highest BCUT2D eigenvalue weighted by Gasteiger charge is 2.14. The van der Waals surface area contributed by atoms with Crippen LogP contribution in [0.15, 0.2) is 6.07 Å². The van der Waals surface area contributed by atoms with Crippen LogP contribution in [0.25, 0.3) is 0 Å². The lowest BCUT2D eigenvalue weighted by Crippen LogP contribution is -2.35. The number of aryl methyl sites for hydroxylation is 2. The summed E-state index contributed by atoms with van der Waals surface area (Å²) in [5.41, 5.74) is 2.50. The van der Waals surface area contributed by atoms with E-state index in [0.717, 1.165) is 26.0 Å². The number of hydrogen-bond acceptors (Lipinski definition) is 3. The molecule has 0 aliphatic carbocycles. The largest absolute Gasteiger partial charge is 0.383 e. The summed E-state index contributed by atoms with van der Waals surface area (Å²) < 4.78 is 7.06. The number of aromatic nitrogens is 2. The minimum Gasteiger partial charge on any atom is -0.383 e. The lowest BCUT2D eigenvalue weighted by Gasteiger charge is -2.21. The predicted molar refractivity (Wildman–Crippen MR) is 74.8 cm³/mol. The third-order valence-corrected chi connectivity index (χ3v) is 3.55. The molecule has 1 rings (SSSR count). The molecule has 4 heteroatoms. The molecule has 1 aromatic rings. The first-order chi connectivity index (χ1) is 8.58. The van der Waals surface area contributed by atoms with Crippen molar-refractivity contribution in [1.82, 2.24) is 15.1 Å². The van der Waals surface area contributed by atoms with E-state index >= 15 is 0 Å². The Balaban J connectivity index is 2.47. The quantitative estimate of drug-likeness (QED) is 0.718. The van der Waals surface area contributed by atoms with Gasteiger partial charge in [-0.15, -0.1) is 0 Å². The fraction of sp³-hybridized carbons (Fsp3) is 0.786. The highest BCUT2D eigenvalue weighted by molar-refractivity contribution is 5.11. The minimum atomic E-state index is 0.486. The molecule has 0 fully saturated rings. The molecule has 1 heterocycles. The van der Waals surface area contributed by atoms with Crippen LogP contribution in [-0.2, 0) is 24.6 Å². The summed E-state index contributed by atoms with van der Waals surface area (Å²) in [4.78, 5) is 0. The van der Waals surface area contributed by atoms with Gasteiger partial charge in [-0.25, -0.2) is 0 Å². The van der Waals surface area contributed by atoms with Crippen molar-refractivity contribution in [2.45, 2.75) is 39.7 Å². The number of ether oxygens (including phenoxy) is 1. The Kier molecular flexibility index (Phi) is 6.36. The summed E-state index contributed by atoms with van der Waals surface area (Å²) in [6.07, 6.45) is 2.06. The van der Waals surface area contributed by atoms with Crippen LogP contribution in [-0.4, -0.2) is 36.1 Å². The van der Waals surface area contributed by atoms with Crippen molar-refractivity contribution in [3.63, 3.8) is 0 Å². The molecular weight excluding hydrogens is 226 g/mol. The van der Waals surface area contributed by atoms with E-state index in [9.17, 15) is 0 Å². The maximum atomic E-state index is 5.05. The molecule has 0 bridgehead atoms. The Morgan fingerprint density at radius 2 is 2.17 bits per heavy atom. The molecule has 1 aromatic heterocycles. The molecule has 0 radical (unpaired) electrons. The molecule has 0 aliphatic heterocycles. The smallest absolute Gasteiger partial charge is 0.0624 e. The van der Waals surface area contributed by atoms with E-state index in [0.29, 0.717) is 12.0 Å². The number of rotatable bonds is 8. The molecule has 18 heavy (non-hydrogen) atoms. The topological polar surface area (TPSA) is 39.1 Å². The van der Waals surface area contributed by atoms with Crippen molar-refractivity contribution in [2.75, 3.05) is 20.3 Å². The Bertz CT molecular complexity index is 349. The van der Waals surface area contributed by atoms with E-state index in [1.165, 1.54) is 11.4 Å². The Hall–Kier alpha value is -0.870. The molecule has 0 aliphatic rings. The summed E-state index contributed by atoms with van der Waals surface area (Å²) >= 11 is 0. The van der Waals surface area contributed by atoms with Gasteiger partial charge < -0.3 is 10.1 Å². The van der Waals surface area contributed by atoms with Crippen LogP contribution in [0.5, 0.6) is 0 Å². The summed E-state index contributed by atoms with van der Waals surface area (Å²) in [6, 6.07) is 2.71. The highest BCUT2D eigenvalue weighted by atomic mass is 16.5. The van der Waals surface area contributed by atoms with Gasteiger partial charge in [-0.1, -0.05) is 13.8 Å². The van der Waals surface area contributed by atoms with Gasteiger partial charge in [0.15, 0.2) is 0 Å². The maximum absolute atomic E-state index is 5.05. The van der Waals surface area contributed by atoms with Crippen LogP contribution in [0.1, 0.15) is 32.2 Å². The SMILES string of the molecule is CCc1cc(CC(C)C(C)NCCOC)n(C)n1. The van der Waals surface area contributed by atoms with E-state index in [1.807, 2.05) is 11.7 Å². The number of hydrogen-bond donors (Lipinski definition) is 1. The van der Waals surface area contributed by atoms with Gasteiger partial charge in [-0.2, -0.15) is 5.10 Å². The average molecular weight is 253 g/mol. The second-order valence-corrected chi connectivity index (χ2v) is 5.02. The zero-order chi connectivity index (χ0) is 13.5. The molecule has 0 amide bonds. The molecule has 0 spiro atoms. The van der Waals surface area contributed by atoms with Crippen molar-refractivity contribution in [1.29, 1.82) is 0 Å². The van der Waals surface area contributed by atoms with E-state index in [-0.39, 0.29) is 0 Å². The molecule has 1 N–H and O–H groups in total. The van der Waals surface area contributed by atoms with Crippen molar-refractivity contribution in [3.8, 4) is 0 Å². The van der Waals surface area contributed by atoms with Crippen molar-refractivity contribution in [3.05, 3.63) is 17.5 Å². The first kappa shape index (κ1) is 15.2. The summed E-state index contributed by atoms with van der Waals surface area (Å²) in [7, 11) is 3.77. The van der Waals surface area contributed by atoms with Crippen molar-refractivity contribution in [2.24, 2.45) is 13.0 Å². The Labute approximate surface area is 111 Å². The summed E-state index contributed by atoms with van der Waals surface area (Å²) in [5.74, 6) is 0.585. The van der Waals surface area contributed by atoms with Crippen LogP contribution in [0.3, 0.4) is 0 Å². The van der Waals surface area contributed by atoms with Gasteiger partial charge in [-0.05, 0) is 31.7 Å². The lowest BCUT2D eigenvalue weighted by atomic mass is 9.97. The van der Waals surface area contributed by atoms with Crippen molar-refractivity contribution < 1.29 is 4.74 Å². The standard InChI is InChI=1S/C14H27N3O/c1-6-13-10-14(17(4)16-13)9-11(2)12(3)15-7-8-18-5/h10-12,15H,6-9H2,1-5H3. The maximum Gasteiger partial charge on any atom is 0.0624 e. The third-order valence-electron chi connectivity index (χ3n) is 3.55. The number of nitrogens with zero attached hydrogens (tertiary/aromatic N) is 2. The molecular formula is C14H27N3O. The van der Waals surface area contributed by atoms with Crippen LogP contribution in [0.2, 0.25) is 0 Å². The molecule has 0 aromatic carbocycles. The van der Waals surface area contributed by atoms with Crippen LogP contribution in [0.4, 0.5) is 0 Å². The van der Waals surface area contributed by atoms with Gasteiger partial charge >= 0.3 is 0 Å². The van der Waals surface area contributed by atoms with Gasteiger partial charge in [0.05, 0.1) is 12.3 Å². The third kappa shape index (κ3) is 4.42.